The first-order chi connectivity index (χ1) is 11.6. The number of primary amides is 1. The highest BCUT2D eigenvalue weighted by atomic mass is 32.1. The van der Waals surface area contributed by atoms with E-state index in [9.17, 15) is 9.59 Å². The lowest BCUT2D eigenvalue weighted by Gasteiger charge is -2.17. The van der Waals surface area contributed by atoms with Crippen LogP contribution in [0.2, 0.25) is 0 Å². The third kappa shape index (κ3) is 2.45. The molecule has 2 heterocycles. The Morgan fingerprint density at radius 3 is 2.75 bits per heavy atom. The molecule has 6 heteroatoms. The van der Waals surface area contributed by atoms with Gasteiger partial charge in [-0.15, -0.1) is 0 Å². The number of aromatic nitrogens is 1. The number of hydrogen-bond acceptors (Lipinski definition) is 4. The third-order valence-corrected chi connectivity index (χ3v) is 5.20. The Kier molecular flexibility index (Phi) is 3.54. The molecular weight excluding hydrogens is 322 g/mol. The SMILES string of the molecule is NC(=O)c1nsc2cc(N3CC(c4ccccc4)CC3=O)ccc12. The molecule has 1 atom stereocenters. The molecule has 1 aliphatic heterocycles. The van der Waals surface area contributed by atoms with Gasteiger partial charge in [0.15, 0.2) is 0 Å². The van der Waals surface area contributed by atoms with Crippen LogP contribution in [-0.2, 0) is 4.79 Å². The van der Waals surface area contributed by atoms with Crippen LogP contribution in [0.3, 0.4) is 0 Å². The average molecular weight is 337 g/mol. The van der Waals surface area contributed by atoms with E-state index in [0.29, 0.717) is 13.0 Å². The fourth-order valence-corrected chi connectivity index (χ4v) is 3.99. The van der Waals surface area contributed by atoms with Crippen molar-refractivity contribution in [3.63, 3.8) is 0 Å². The predicted molar refractivity (Wildman–Crippen MR) is 94.3 cm³/mol. The highest BCUT2D eigenvalue weighted by molar-refractivity contribution is 7.13. The van der Waals surface area contributed by atoms with Crippen LogP contribution in [-0.4, -0.2) is 22.7 Å². The molecule has 1 saturated heterocycles. The fourth-order valence-electron chi connectivity index (χ4n) is 3.18. The summed E-state index contributed by atoms with van der Waals surface area (Å²) in [4.78, 5) is 25.6. The second kappa shape index (κ2) is 5.72. The van der Waals surface area contributed by atoms with Crippen LogP contribution in [0.4, 0.5) is 5.69 Å². The molecule has 4 rings (SSSR count). The average Bonchev–Trinajstić information content (AvgIpc) is 3.18. The number of benzene rings is 2. The first-order valence-corrected chi connectivity index (χ1v) is 8.45. The van der Waals surface area contributed by atoms with Gasteiger partial charge in [0.1, 0.15) is 5.69 Å². The molecule has 1 aliphatic rings. The Bertz CT molecular complexity index is 936. The Labute approximate surface area is 142 Å². The van der Waals surface area contributed by atoms with Gasteiger partial charge < -0.3 is 10.6 Å². The predicted octanol–water partition coefficient (Wildman–Crippen LogP) is 2.92. The Balaban J connectivity index is 1.65. The van der Waals surface area contributed by atoms with Gasteiger partial charge in [-0.3, -0.25) is 9.59 Å². The van der Waals surface area contributed by atoms with Gasteiger partial charge in [-0.2, -0.15) is 4.37 Å². The van der Waals surface area contributed by atoms with E-state index in [-0.39, 0.29) is 17.5 Å². The molecule has 1 fully saturated rings. The van der Waals surface area contributed by atoms with Crippen molar-refractivity contribution in [3.8, 4) is 0 Å². The first kappa shape index (κ1) is 14.8. The molecule has 0 aliphatic carbocycles. The number of anilines is 1. The van der Waals surface area contributed by atoms with Crippen LogP contribution >= 0.6 is 11.5 Å². The minimum atomic E-state index is -0.532. The fraction of sp³-hybridized carbons (Fsp3) is 0.167. The zero-order valence-electron chi connectivity index (χ0n) is 12.8. The number of fused-ring (bicyclic) bond motifs is 1. The van der Waals surface area contributed by atoms with E-state index in [1.54, 1.807) is 4.90 Å². The van der Waals surface area contributed by atoms with Crippen molar-refractivity contribution < 1.29 is 9.59 Å². The van der Waals surface area contributed by atoms with Crippen molar-refractivity contribution in [2.45, 2.75) is 12.3 Å². The van der Waals surface area contributed by atoms with Crippen molar-refractivity contribution in [1.29, 1.82) is 0 Å². The number of hydrogen-bond donors (Lipinski definition) is 1. The maximum absolute atomic E-state index is 12.4. The summed E-state index contributed by atoms with van der Waals surface area (Å²) in [5.41, 5.74) is 7.64. The molecule has 0 spiro atoms. The van der Waals surface area contributed by atoms with E-state index in [4.69, 9.17) is 5.73 Å². The van der Waals surface area contributed by atoms with E-state index in [1.807, 2.05) is 36.4 Å². The standard InChI is InChI=1S/C18H15N3O2S/c19-18(23)17-14-7-6-13(9-15(14)24-20-17)21-10-12(8-16(21)22)11-4-2-1-3-5-11/h1-7,9,12H,8,10H2,(H2,19,23). The summed E-state index contributed by atoms with van der Waals surface area (Å²) in [5, 5.41) is 0.738. The number of carbonyl (C=O) groups is 2. The van der Waals surface area contributed by atoms with Gasteiger partial charge in [-0.1, -0.05) is 30.3 Å². The van der Waals surface area contributed by atoms with Crippen molar-refractivity contribution in [2.75, 3.05) is 11.4 Å². The zero-order chi connectivity index (χ0) is 16.7. The highest BCUT2D eigenvalue weighted by Gasteiger charge is 2.31. The molecule has 2 N–H and O–H groups in total. The minimum absolute atomic E-state index is 0.114. The molecule has 2 amide bonds. The van der Waals surface area contributed by atoms with Gasteiger partial charge in [-0.25, -0.2) is 0 Å². The summed E-state index contributed by atoms with van der Waals surface area (Å²) in [6.45, 7) is 0.663. The monoisotopic (exact) mass is 337 g/mol. The molecule has 2 aromatic carbocycles. The Hall–Kier alpha value is -2.73. The summed E-state index contributed by atoms with van der Waals surface area (Å²) in [6.07, 6.45) is 0.511. The van der Waals surface area contributed by atoms with Gasteiger partial charge in [0.25, 0.3) is 5.91 Å². The van der Waals surface area contributed by atoms with Gasteiger partial charge in [0.05, 0.1) is 4.70 Å². The molecule has 3 aromatic rings. The molecule has 1 aromatic heterocycles. The van der Waals surface area contributed by atoms with Crippen LogP contribution in [0.5, 0.6) is 0 Å². The second-order valence-corrected chi connectivity index (χ2v) is 6.70. The van der Waals surface area contributed by atoms with Gasteiger partial charge in [0, 0.05) is 30.0 Å². The van der Waals surface area contributed by atoms with E-state index in [1.165, 1.54) is 17.1 Å². The Morgan fingerprint density at radius 2 is 2.00 bits per heavy atom. The normalized spacial score (nSPS) is 17.6. The van der Waals surface area contributed by atoms with E-state index < -0.39 is 5.91 Å². The van der Waals surface area contributed by atoms with Crippen LogP contribution in [0.1, 0.15) is 28.4 Å². The summed E-state index contributed by atoms with van der Waals surface area (Å²) in [5.74, 6) is -0.213. The van der Waals surface area contributed by atoms with Crippen molar-refractivity contribution in [3.05, 3.63) is 59.8 Å². The van der Waals surface area contributed by atoms with Crippen molar-refractivity contribution in [1.82, 2.24) is 4.37 Å². The lowest BCUT2D eigenvalue weighted by atomic mass is 9.98. The molecule has 0 bridgehead atoms. The molecule has 0 radical (unpaired) electrons. The Morgan fingerprint density at radius 1 is 1.21 bits per heavy atom. The van der Waals surface area contributed by atoms with E-state index >= 15 is 0 Å². The smallest absolute Gasteiger partial charge is 0.269 e. The highest BCUT2D eigenvalue weighted by Crippen LogP contribution is 2.34. The van der Waals surface area contributed by atoms with Crippen LogP contribution in [0.25, 0.3) is 10.1 Å². The maximum Gasteiger partial charge on any atom is 0.269 e. The summed E-state index contributed by atoms with van der Waals surface area (Å²) in [7, 11) is 0. The molecule has 120 valence electrons. The number of amides is 2. The summed E-state index contributed by atoms with van der Waals surface area (Å²) >= 11 is 1.22. The lowest BCUT2D eigenvalue weighted by molar-refractivity contribution is -0.117. The van der Waals surface area contributed by atoms with Crippen molar-refractivity contribution >= 4 is 39.1 Å². The number of carbonyl (C=O) groups excluding carboxylic acids is 2. The largest absolute Gasteiger partial charge is 0.364 e. The van der Waals surface area contributed by atoms with E-state index in [2.05, 4.69) is 16.5 Å². The van der Waals surface area contributed by atoms with Crippen LogP contribution in [0.15, 0.2) is 48.5 Å². The third-order valence-electron chi connectivity index (χ3n) is 4.40. The zero-order valence-corrected chi connectivity index (χ0v) is 13.6. The van der Waals surface area contributed by atoms with E-state index in [0.717, 1.165) is 15.8 Å². The molecule has 5 nitrogen and oxygen atoms in total. The summed E-state index contributed by atoms with van der Waals surface area (Å²) in [6, 6.07) is 15.7. The first-order valence-electron chi connectivity index (χ1n) is 7.68. The topological polar surface area (TPSA) is 76.3 Å². The lowest BCUT2D eigenvalue weighted by Crippen LogP contribution is -2.24. The molecule has 0 saturated carbocycles. The number of rotatable bonds is 3. The molecule has 24 heavy (non-hydrogen) atoms. The molecule has 1 unspecified atom stereocenters. The summed E-state index contributed by atoms with van der Waals surface area (Å²) < 4.78 is 4.97. The van der Waals surface area contributed by atoms with Gasteiger partial charge >= 0.3 is 0 Å². The van der Waals surface area contributed by atoms with Gasteiger partial charge in [0.2, 0.25) is 5.91 Å². The second-order valence-electron chi connectivity index (χ2n) is 5.89. The molecular formula is C18H15N3O2S. The van der Waals surface area contributed by atoms with Crippen LogP contribution in [0, 0.1) is 0 Å². The van der Waals surface area contributed by atoms with Crippen molar-refractivity contribution in [2.24, 2.45) is 5.73 Å². The number of nitrogens with zero attached hydrogens (tertiary/aromatic N) is 2. The van der Waals surface area contributed by atoms with Gasteiger partial charge in [-0.05, 0) is 35.3 Å². The number of nitrogens with two attached hydrogens (primary N) is 1. The van der Waals surface area contributed by atoms with Crippen LogP contribution < -0.4 is 10.6 Å². The minimum Gasteiger partial charge on any atom is -0.364 e. The maximum atomic E-state index is 12.4. The quantitative estimate of drug-likeness (QED) is 0.798.